The van der Waals surface area contributed by atoms with Crippen LogP contribution in [-0.2, 0) is 0 Å². The maximum atomic E-state index is 4.67. The van der Waals surface area contributed by atoms with Crippen molar-refractivity contribution in [3.63, 3.8) is 0 Å². The Morgan fingerprint density at radius 1 is 1.19 bits per heavy atom. The Morgan fingerprint density at radius 2 is 2.00 bits per heavy atom. The summed E-state index contributed by atoms with van der Waals surface area (Å²) >= 11 is 0. The monoisotopic (exact) mass is 209 g/mol. The third-order valence-electron chi connectivity index (χ3n) is 2.89. The van der Waals surface area contributed by atoms with Crippen molar-refractivity contribution in [1.82, 2.24) is 4.98 Å². The Morgan fingerprint density at radius 3 is 2.88 bits per heavy atom. The average Bonchev–Trinajstić information content (AvgIpc) is 2.29. The normalized spacial score (nSPS) is 18.2. The lowest BCUT2D eigenvalue weighted by molar-refractivity contribution is 1.05. The van der Waals surface area contributed by atoms with Gasteiger partial charge in [0.1, 0.15) is 0 Å². The second kappa shape index (κ2) is 3.34. The molecule has 1 aliphatic rings. The highest BCUT2D eigenvalue weighted by Gasteiger charge is 2.04. The number of fused-ring (bicyclic) bond motifs is 3. The fourth-order valence-corrected chi connectivity index (χ4v) is 2.05. The molecule has 0 saturated heterocycles. The summed E-state index contributed by atoms with van der Waals surface area (Å²) in [6, 6.07) is 8.62. The first kappa shape index (κ1) is 9.40. The standard InChI is InChI=1S/C14H13N2/c1-9-3-5-11-7-8-12-6-4-10(2)16-14(12)13(11)15-9/h3-9H,1-2H3/q-1. The molecular weight excluding hydrogens is 196 g/mol. The molecule has 0 bridgehead atoms. The van der Waals surface area contributed by atoms with Gasteiger partial charge in [-0.1, -0.05) is 37.3 Å². The zero-order valence-corrected chi connectivity index (χ0v) is 9.44. The number of hydrogen-bond acceptors (Lipinski definition) is 1. The molecule has 80 valence electrons. The molecule has 1 unspecified atom stereocenters. The van der Waals surface area contributed by atoms with Crippen LogP contribution >= 0.6 is 0 Å². The highest BCUT2D eigenvalue weighted by Crippen LogP contribution is 2.37. The molecule has 0 amide bonds. The molecule has 0 spiro atoms. The van der Waals surface area contributed by atoms with Crippen LogP contribution in [0.5, 0.6) is 0 Å². The summed E-state index contributed by atoms with van der Waals surface area (Å²) in [5, 5.41) is 5.83. The van der Waals surface area contributed by atoms with E-state index in [1.54, 1.807) is 0 Å². The van der Waals surface area contributed by atoms with Crippen molar-refractivity contribution >= 4 is 22.7 Å². The van der Waals surface area contributed by atoms with Gasteiger partial charge in [-0.2, -0.15) is 0 Å². The first-order valence-electron chi connectivity index (χ1n) is 5.53. The lowest BCUT2D eigenvalue weighted by atomic mass is 10.0. The van der Waals surface area contributed by atoms with E-state index in [0.717, 1.165) is 22.3 Å². The molecule has 16 heavy (non-hydrogen) atoms. The van der Waals surface area contributed by atoms with Crippen molar-refractivity contribution in [2.75, 3.05) is 0 Å². The SMILES string of the molecule is Cc1ccc2ccc3c(c2n1)[N-]C(C)C=C3. The van der Waals surface area contributed by atoms with Crippen LogP contribution in [0.25, 0.3) is 22.3 Å². The number of aromatic nitrogens is 1. The third kappa shape index (κ3) is 1.38. The van der Waals surface area contributed by atoms with Crippen molar-refractivity contribution in [1.29, 1.82) is 0 Å². The largest absolute Gasteiger partial charge is 0.676 e. The minimum Gasteiger partial charge on any atom is -0.676 e. The number of rotatable bonds is 0. The van der Waals surface area contributed by atoms with Crippen LogP contribution in [0.3, 0.4) is 0 Å². The third-order valence-corrected chi connectivity index (χ3v) is 2.89. The van der Waals surface area contributed by atoms with Gasteiger partial charge in [0.15, 0.2) is 0 Å². The molecule has 1 aliphatic heterocycles. The van der Waals surface area contributed by atoms with Crippen LogP contribution < -0.4 is 0 Å². The Kier molecular flexibility index (Phi) is 1.96. The second-order valence-corrected chi connectivity index (χ2v) is 4.26. The van der Waals surface area contributed by atoms with Gasteiger partial charge in [0.25, 0.3) is 0 Å². The van der Waals surface area contributed by atoms with Gasteiger partial charge in [0, 0.05) is 5.69 Å². The van der Waals surface area contributed by atoms with E-state index in [1.165, 1.54) is 5.56 Å². The van der Waals surface area contributed by atoms with E-state index in [-0.39, 0.29) is 6.04 Å². The maximum absolute atomic E-state index is 4.67. The highest BCUT2D eigenvalue weighted by molar-refractivity contribution is 5.97. The molecule has 0 fully saturated rings. The van der Waals surface area contributed by atoms with Crippen molar-refractivity contribution < 1.29 is 0 Å². The van der Waals surface area contributed by atoms with E-state index in [1.807, 2.05) is 13.0 Å². The Hall–Kier alpha value is -1.83. The van der Waals surface area contributed by atoms with Crippen LogP contribution in [-0.4, -0.2) is 11.0 Å². The minimum absolute atomic E-state index is 0.250. The topological polar surface area (TPSA) is 27.0 Å². The molecule has 2 heterocycles. The number of hydrogen-bond donors (Lipinski definition) is 0. The first-order valence-corrected chi connectivity index (χ1v) is 5.53. The smallest absolute Gasteiger partial charge is 0.0562 e. The molecule has 2 nitrogen and oxygen atoms in total. The van der Waals surface area contributed by atoms with Crippen molar-refractivity contribution in [3.05, 3.63) is 46.9 Å². The lowest BCUT2D eigenvalue weighted by Gasteiger charge is -2.33. The van der Waals surface area contributed by atoms with Gasteiger partial charge in [-0.25, -0.2) is 0 Å². The van der Waals surface area contributed by atoms with Gasteiger partial charge in [-0.15, -0.1) is 11.7 Å². The first-order chi connectivity index (χ1) is 7.74. The highest BCUT2D eigenvalue weighted by atomic mass is 14.9. The Balaban J connectivity index is 2.34. The summed E-state index contributed by atoms with van der Waals surface area (Å²) in [6.07, 6.45) is 4.25. The van der Waals surface area contributed by atoms with Crippen molar-refractivity contribution in [2.45, 2.75) is 19.9 Å². The van der Waals surface area contributed by atoms with Gasteiger partial charge in [-0.3, -0.25) is 4.98 Å². The summed E-state index contributed by atoms with van der Waals surface area (Å²) in [7, 11) is 0. The molecular formula is C14H13N2-. The van der Waals surface area contributed by atoms with E-state index in [9.17, 15) is 0 Å². The molecule has 0 aliphatic carbocycles. The van der Waals surface area contributed by atoms with Gasteiger partial charge < -0.3 is 5.32 Å². The predicted octanol–water partition coefficient (Wildman–Crippen LogP) is 3.96. The Bertz CT molecular complexity index is 585. The quantitative estimate of drug-likeness (QED) is 0.645. The molecule has 2 aromatic rings. The fraction of sp³-hybridized carbons (Fsp3) is 0.214. The van der Waals surface area contributed by atoms with Gasteiger partial charge in [0.2, 0.25) is 0 Å². The molecule has 0 saturated carbocycles. The number of aryl methyl sites for hydroxylation is 1. The molecule has 2 heteroatoms. The van der Waals surface area contributed by atoms with E-state index >= 15 is 0 Å². The minimum atomic E-state index is 0.250. The summed E-state index contributed by atoms with van der Waals surface area (Å²) in [4.78, 5) is 4.60. The lowest BCUT2D eigenvalue weighted by Crippen LogP contribution is -1.99. The van der Waals surface area contributed by atoms with E-state index in [2.05, 4.69) is 47.6 Å². The molecule has 1 aromatic heterocycles. The average molecular weight is 209 g/mol. The maximum Gasteiger partial charge on any atom is 0.0562 e. The fourth-order valence-electron chi connectivity index (χ4n) is 2.05. The summed E-state index contributed by atoms with van der Waals surface area (Å²) in [6.45, 7) is 4.11. The van der Waals surface area contributed by atoms with E-state index in [4.69, 9.17) is 0 Å². The summed E-state index contributed by atoms with van der Waals surface area (Å²) < 4.78 is 0. The number of pyridine rings is 1. The zero-order chi connectivity index (χ0) is 11.1. The molecule has 3 rings (SSSR count). The molecule has 1 aromatic carbocycles. The second-order valence-electron chi connectivity index (χ2n) is 4.26. The van der Waals surface area contributed by atoms with Gasteiger partial charge >= 0.3 is 0 Å². The van der Waals surface area contributed by atoms with Gasteiger partial charge in [0.05, 0.1) is 5.52 Å². The van der Waals surface area contributed by atoms with Crippen LogP contribution in [0.4, 0.5) is 5.69 Å². The zero-order valence-electron chi connectivity index (χ0n) is 9.44. The van der Waals surface area contributed by atoms with E-state index < -0.39 is 0 Å². The summed E-state index contributed by atoms with van der Waals surface area (Å²) in [5.74, 6) is 0. The van der Waals surface area contributed by atoms with Crippen molar-refractivity contribution in [3.8, 4) is 0 Å². The summed E-state index contributed by atoms with van der Waals surface area (Å²) in [5.41, 5.74) is 4.27. The van der Waals surface area contributed by atoms with Crippen LogP contribution in [0, 0.1) is 6.92 Å². The van der Waals surface area contributed by atoms with Crippen LogP contribution in [0.15, 0.2) is 30.3 Å². The molecule has 1 atom stereocenters. The predicted molar refractivity (Wildman–Crippen MR) is 68.0 cm³/mol. The van der Waals surface area contributed by atoms with Crippen LogP contribution in [0.1, 0.15) is 18.2 Å². The number of nitrogens with zero attached hydrogens (tertiary/aromatic N) is 2. The van der Waals surface area contributed by atoms with Crippen LogP contribution in [0.2, 0.25) is 0 Å². The Labute approximate surface area is 95.0 Å². The molecule has 0 N–H and O–H groups in total. The molecule has 0 radical (unpaired) electrons. The number of benzene rings is 1. The van der Waals surface area contributed by atoms with Crippen molar-refractivity contribution in [2.24, 2.45) is 0 Å². The van der Waals surface area contributed by atoms with E-state index in [0.29, 0.717) is 0 Å². The van der Waals surface area contributed by atoms with Gasteiger partial charge in [-0.05, 0) is 23.9 Å².